The molecular weight excluding hydrogens is 378 g/mol. The van der Waals surface area contributed by atoms with E-state index in [2.05, 4.69) is 19.9 Å². The first kappa shape index (κ1) is 18.4. The van der Waals surface area contributed by atoms with Gasteiger partial charge in [-0.1, -0.05) is 6.92 Å². The third-order valence-corrected chi connectivity index (χ3v) is 4.70. The Kier molecular flexibility index (Phi) is 4.52. The number of imidazole rings is 1. The number of aromatic nitrogens is 5. The van der Waals surface area contributed by atoms with Gasteiger partial charge in [-0.2, -0.15) is 13.2 Å². The normalized spacial score (nSPS) is 15.5. The number of aryl methyl sites for hydroxylation is 1. The molecule has 3 aromatic heterocycles. The number of rotatable bonds is 3. The van der Waals surface area contributed by atoms with Gasteiger partial charge in [0.05, 0.1) is 5.69 Å². The third-order valence-electron chi connectivity index (χ3n) is 4.70. The van der Waals surface area contributed by atoms with Crippen LogP contribution in [0.4, 0.5) is 29.2 Å². The number of fused-ring (bicyclic) bond motifs is 1. The number of hydrogen-bond donors (Lipinski definition) is 0. The lowest BCUT2D eigenvalue weighted by Gasteiger charge is -2.36. The molecule has 0 aromatic carbocycles. The summed E-state index contributed by atoms with van der Waals surface area (Å²) in [5.74, 6) is 0.189. The Bertz CT molecular complexity index is 993. The summed E-state index contributed by atoms with van der Waals surface area (Å²) in [6, 6.07) is 0. The highest BCUT2D eigenvalue weighted by molar-refractivity contribution is 5.65. The fourth-order valence-corrected chi connectivity index (χ4v) is 3.26. The third kappa shape index (κ3) is 3.20. The van der Waals surface area contributed by atoms with Gasteiger partial charge in [0.25, 0.3) is 0 Å². The number of hydrogen-bond acceptors (Lipinski definition) is 6. The van der Waals surface area contributed by atoms with E-state index >= 15 is 0 Å². The average Bonchev–Trinajstić information content (AvgIpc) is 3.13. The van der Waals surface area contributed by atoms with Crippen molar-refractivity contribution in [3.63, 3.8) is 0 Å². The molecule has 4 rings (SSSR count). The molecule has 0 amide bonds. The lowest BCUT2D eigenvalue weighted by Crippen LogP contribution is -2.47. The van der Waals surface area contributed by atoms with E-state index in [1.807, 2.05) is 11.8 Å². The van der Waals surface area contributed by atoms with Gasteiger partial charge in [0.2, 0.25) is 0 Å². The Labute approximate surface area is 157 Å². The molecule has 0 bridgehead atoms. The van der Waals surface area contributed by atoms with Crippen LogP contribution in [-0.2, 0) is 12.6 Å². The zero-order valence-corrected chi connectivity index (χ0v) is 15.0. The summed E-state index contributed by atoms with van der Waals surface area (Å²) in [5, 5.41) is 0. The van der Waals surface area contributed by atoms with Crippen molar-refractivity contribution in [2.75, 3.05) is 36.0 Å². The molecule has 1 fully saturated rings. The maximum Gasteiger partial charge on any atom is 0.434 e. The van der Waals surface area contributed by atoms with Gasteiger partial charge in [0, 0.05) is 44.8 Å². The van der Waals surface area contributed by atoms with Gasteiger partial charge in [0.15, 0.2) is 28.8 Å². The van der Waals surface area contributed by atoms with Crippen LogP contribution < -0.4 is 9.80 Å². The van der Waals surface area contributed by atoms with Crippen LogP contribution in [0.25, 0.3) is 5.65 Å². The first-order chi connectivity index (χ1) is 13.4. The molecule has 11 heteroatoms. The second-order valence-electron chi connectivity index (χ2n) is 6.39. The number of piperazine rings is 1. The molecule has 28 heavy (non-hydrogen) atoms. The van der Waals surface area contributed by atoms with Crippen LogP contribution in [0.1, 0.15) is 18.3 Å². The predicted octanol–water partition coefficient (Wildman–Crippen LogP) is 2.57. The summed E-state index contributed by atoms with van der Waals surface area (Å²) < 4.78 is 54.7. The number of anilines is 2. The highest BCUT2D eigenvalue weighted by Crippen LogP contribution is 2.30. The average molecular weight is 395 g/mol. The van der Waals surface area contributed by atoms with Crippen LogP contribution in [0.2, 0.25) is 0 Å². The van der Waals surface area contributed by atoms with Crippen molar-refractivity contribution in [3.05, 3.63) is 42.1 Å². The molecule has 0 radical (unpaired) electrons. The minimum Gasteiger partial charge on any atom is -0.351 e. The van der Waals surface area contributed by atoms with Crippen molar-refractivity contribution in [3.8, 4) is 0 Å². The highest BCUT2D eigenvalue weighted by Gasteiger charge is 2.35. The quantitative estimate of drug-likeness (QED) is 0.636. The lowest BCUT2D eigenvalue weighted by molar-refractivity contribution is -0.140. The van der Waals surface area contributed by atoms with Crippen LogP contribution in [0.3, 0.4) is 0 Å². The Morgan fingerprint density at radius 1 is 1.00 bits per heavy atom. The molecule has 0 atom stereocenters. The largest absolute Gasteiger partial charge is 0.434 e. The molecule has 3 aromatic rings. The Morgan fingerprint density at radius 3 is 2.32 bits per heavy atom. The van der Waals surface area contributed by atoms with Gasteiger partial charge >= 0.3 is 6.18 Å². The Hall–Kier alpha value is -2.98. The smallest absolute Gasteiger partial charge is 0.351 e. The van der Waals surface area contributed by atoms with Crippen molar-refractivity contribution < 1.29 is 17.6 Å². The highest BCUT2D eigenvalue weighted by atomic mass is 19.4. The minimum absolute atomic E-state index is 0.143. The fraction of sp³-hybridized carbons (Fsp3) is 0.412. The molecule has 0 aliphatic carbocycles. The molecular formula is C17H17F4N7. The summed E-state index contributed by atoms with van der Waals surface area (Å²) >= 11 is 0. The minimum atomic E-state index is -4.52. The first-order valence-electron chi connectivity index (χ1n) is 8.78. The molecule has 7 nitrogen and oxygen atoms in total. The van der Waals surface area contributed by atoms with Gasteiger partial charge in [-0.15, -0.1) is 0 Å². The molecule has 0 unspecified atom stereocenters. The molecule has 148 valence electrons. The summed E-state index contributed by atoms with van der Waals surface area (Å²) in [6.07, 6.45) is 1.10. The predicted molar refractivity (Wildman–Crippen MR) is 93.8 cm³/mol. The van der Waals surface area contributed by atoms with Crippen LogP contribution >= 0.6 is 0 Å². The van der Waals surface area contributed by atoms with Crippen molar-refractivity contribution in [1.29, 1.82) is 0 Å². The van der Waals surface area contributed by atoms with Gasteiger partial charge in [-0.05, 0) is 6.42 Å². The van der Waals surface area contributed by atoms with Gasteiger partial charge in [0.1, 0.15) is 6.33 Å². The lowest BCUT2D eigenvalue weighted by atomic mass is 10.2. The first-order valence-corrected chi connectivity index (χ1v) is 8.78. The second kappa shape index (κ2) is 6.88. The van der Waals surface area contributed by atoms with E-state index in [9.17, 15) is 17.6 Å². The molecule has 4 heterocycles. The molecule has 1 aliphatic heterocycles. The van der Waals surface area contributed by atoms with Crippen LogP contribution in [0, 0.1) is 5.82 Å². The van der Waals surface area contributed by atoms with Crippen molar-refractivity contribution in [1.82, 2.24) is 24.3 Å². The maximum absolute atomic E-state index is 14.5. The van der Waals surface area contributed by atoms with Crippen molar-refractivity contribution in [2.45, 2.75) is 19.5 Å². The Balaban J connectivity index is 1.57. The zero-order chi connectivity index (χ0) is 19.9. The summed E-state index contributed by atoms with van der Waals surface area (Å²) in [5.41, 5.74) is -0.462. The van der Waals surface area contributed by atoms with E-state index in [0.29, 0.717) is 44.1 Å². The number of halogens is 4. The van der Waals surface area contributed by atoms with E-state index in [1.165, 1.54) is 23.1 Å². The second-order valence-corrected chi connectivity index (χ2v) is 6.39. The molecule has 1 saturated heterocycles. The summed E-state index contributed by atoms with van der Waals surface area (Å²) in [6.45, 7) is 3.62. The number of nitrogens with zero attached hydrogens (tertiary/aromatic N) is 7. The van der Waals surface area contributed by atoms with E-state index < -0.39 is 17.7 Å². The molecule has 1 aliphatic rings. The molecule has 0 N–H and O–H groups in total. The SMILES string of the molecule is CCc1ncnc(N2CCN(c3nccn4cc(C(F)(F)F)nc34)CC2)c1F. The van der Waals surface area contributed by atoms with E-state index in [0.717, 1.165) is 6.20 Å². The monoisotopic (exact) mass is 395 g/mol. The molecule has 0 saturated carbocycles. The fourth-order valence-electron chi connectivity index (χ4n) is 3.26. The van der Waals surface area contributed by atoms with Crippen LogP contribution in [-0.4, -0.2) is 50.5 Å². The summed E-state index contributed by atoms with van der Waals surface area (Å²) in [7, 11) is 0. The number of alkyl halides is 3. The van der Waals surface area contributed by atoms with Crippen LogP contribution in [0.15, 0.2) is 24.9 Å². The topological polar surface area (TPSA) is 62.5 Å². The van der Waals surface area contributed by atoms with E-state index in [-0.39, 0.29) is 11.5 Å². The van der Waals surface area contributed by atoms with Crippen molar-refractivity contribution in [2.24, 2.45) is 0 Å². The summed E-state index contributed by atoms with van der Waals surface area (Å²) in [4.78, 5) is 19.6. The standard InChI is InChI=1S/C17H17F4N7/c1-2-11-13(18)14(24-10-23-11)26-5-7-27(8-6-26)15-16-25-12(17(19,20)21)9-28(16)4-3-22-15/h3-4,9-10H,2,5-8H2,1H3. The molecule has 0 spiro atoms. The van der Waals surface area contributed by atoms with Gasteiger partial charge < -0.3 is 14.2 Å². The van der Waals surface area contributed by atoms with Crippen LogP contribution in [0.5, 0.6) is 0 Å². The van der Waals surface area contributed by atoms with Gasteiger partial charge in [-0.25, -0.2) is 24.3 Å². The maximum atomic E-state index is 14.5. The van der Waals surface area contributed by atoms with E-state index in [1.54, 1.807) is 4.90 Å². The van der Waals surface area contributed by atoms with Crippen molar-refractivity contribution >= 4 is 17.3 Å². The zero-order valence-electron chi connectivity index (χ0n) is 15.0. The van der Waals surface area contributed by atoms with Gasteiger partial charge in [-0.3, -0.25) is 0 Å². The van der Waals surface area contributed by atoms with E-state index in [4.69, 9.17) is 0 Å². The Morgan fingerprint density at radius 2 is 1.68 bits per heavy atom.